The minimum atomic E-state index is 0.141. The molecule has 0 bridgehead atoms. The molecule has 0 radical (unpaired) electrons. The summed E-state index contributed by atoms with van der Waals surface area (Å²) in [5.41, 5.74) is 4.62. The Balaban J connectivity index is 1.50. The maximum atomic E-state index is 12.8. The van der Waals surface area contributed by atoms with Gasteiger partial charge in [0.2, 0.25) is 5.91 Å². The van der Waals surface area contributed by atoms with E-state index in [4.69, 9.17) is 4.74 Å². The summed E-state index contributed by atoms with van der Waals surface area (Å²) in [4.78, 5) is 14.8. The average Bonchev–Trinajstić information content (AvgIpc) is 2.94. The molecule has 5 heteroatoms. The second kappa shape index (κ2) is 6.77. The summed E-state index contributed by atoms with van der Waals surface area (Å²) in [7, 11) is 0. The molecule has 1 N–H and O–H groups in total. The van der Waals surface area contributed by atoms with E-state index in [1.54, 1.807) is 0 Å². The number of hydrogen-bond donors (Lipinski definition) is 1. The third kappa shape index (κ3) is 2.96. The molecule has 0 spiro atoms. The lowest BCUT2D eigenvalue weighted by atomic mass is 9.98. The van der Waals surface area contributed by atoms with Crippen molar-refractivity contribution in [1.82, 2.24) is 15.1 Å². The zero-order valence-corrected chi connectivity index (χ0v) is 13.8. The standard InChI is InChI=1S/C19H23N3O2/c23-19(15-8-12-24-13-9-15)22-10-6-16-17(7-11-22)20-21-18(16)14-4-2-1-3-5-14/h1-5,15H,6-13H2,(H,20,21). The van der Waals surface area contributed by atoms with E-state index in [1.807, 2.05) is 23.1 Å². The molecule has 1 amide bonds. The van der Waals surface area contributed by atoms with Crippen molar-refractivity contribution in [2.45, 2.75) is 25.7 Å². The highest BCUT2D eigenvalue weighted by molar-refractivity contribution is 5.79. The minimum absolute atomic E-state index is 0.141. The van der Waals surface area contributed by atoms with Crippen LogP contribution in [0.2, 0.25) is 0 Å². The fraction of sp³-hybridized carbons (Fsp3) is 0.474. The second-order valence-electron chi connectivity index (χ2n) is 6.61. The fourth-order valence-corrected chi connectivity index (χ4v) is 3.74. The first-order valence-corrected chi connectivity index (χ1v) is 8.81. The van der Waals surface area contributed by atoms with Crippen LogP contribution in [0.1, 0.15) is 24.1 Å². The first-order chi connectivity index (χ1) is 11.8. The molecule has 2 aromatic rings. The van der Waals surface area contributed by atoms with Gasteiger partial charge in [0.05, 0.1) is 5.69 Å². The van der Waals surface area contributed by atoms with Gasteiger partial charge in [-0.1, -0.05) is 30.3 Å². The summed E-state index contributed by atoms with van der Waals surface area (Å²) < 4.78 is 5.38. The van der Waals surface area contributed by atoms with Crippen molar-refractivity contribution in [3.8, 4) is 11.3 Å². The Morgan fingerprint density at radius 2 is 1.88 bits per heavy atom. The summed E-state index contributed by atoms with van der Waals surface area (Å²) in [5, 5.41) is 7.72. The van der Waals surface area contributed by atoms with Gasteiger partial charge in [-0.2, -0.15) is 5.10 Å². The SMILES string of the molecule is O=C(C1CCOCC1)N1CCc2[nH]nc(-c3ccccc3)c2CC1. The van der Waals surface area contributed by atoms with Gasteiger partial charge in [0, 0.05) is 55.5 Å². The van der Waals surface area contributed by atoms with E-state index in [2.05, 4.69) is 22.3 Å². The number of amides is 1. The number of carbonyl (C=O) groups excluding carboxylic acids is 1. The number of rotatable bonds is 2. The number of carbonyl (C=O) groups is 1. The van der Waals surface area contributed by atoms with Crippen LogP contribution < -0.4 is 0 Å². The Morgan fingerprint density at radius 1 is 1.12 bits per heavy atom. The second-order valence-corrected chi connectivity index (χ2v) is 6.61. The largest absolute Gasteiger partial charge is 0.381 e. The molecule has 2 aliphatic rings. The number of nitrogens with zero attached hydrogens (tertiary/aromatic N) is 2. The molecule has 24 heavy (non-hydrogen) atoms. The van der Waals surface area contributed by atoms with Gasteiger partial charge < -0.3 is 9.64 Å². The minimum Gasteiger partial charge on any atom is -0.381 e. The van der Waals surface area contributed by atoms with Crippen LogP contribution in [0.25, 0.3) is 11.3 Å². The van der Waals surface area contributed by atoms with E-state index >= 15 is 0 Å². The fourth-order valence-electron chi connectivity index (χ4n) is 3.74. The molecule has 1 saturated heterocycles. The summed E-state index contributed by atoms with van der Waals surface area (Å²) in [6.07, 6.45) is 3.43. The van der Waals surface area contributed by atoms with E-state index in [0.29, 0.717) is 19.1 Å². The number of aromatic amines is 1. The predicted molar refractivity (Wildman–Crippen MR) is 91.6 cm³/mol. The van der Waals surface area contributed by atoms with Gasteiger partial charge >= 0.3 is 0 Å². The normalized spacial score (nSPS) is 18.9. The summed E-state index contributed by atoms with van der Waals surface area (Å²) in [6, 6.07) is 10.3. The van der Waals surface area contributed by atoms with Crippen LogP contribution in [0.5, 0.6) is 0 Å². The van der Waals surface area contributed by atoms with Crippen molar-refractivity contribution in [2.75, 3.05) is 26.3 Å². The number of benzene rings is 1. The molecule has 4 rings (SSSR count). The van der Waals surface area contributed by atoms with Crippen molar-refractivity contribution in [3.63, 3.8) is 0 Å². The zero-order chi connectivity index (χ0) is 16.4. The van der Waals surface area contributed by atoms with Crippen LogP contribution in [0.4, 0.5) is 0 Å². The van der Waals surface area contributed by atoms with E-state index < -0.39 is 0 Å². The molecule has 0 aliphatic carbocycles. The van der Waals surface area contributed by atoms with Crippen molar-refractivity contribution in [2.24, 2.45) is 5.92 Å². The quantitative estimate of drug-likeness (QED) is 0.922. The Bertz CT molecular complexity index is 705. The molecule has 0 saturated carbocycles. The van der Waals surface area contributed by atoms with E-state index in [1.165, 1.54) is 11.3 Å². The van der Waals surface area contributed by atoms with Gasteiger partial charge in [-0.3, -0.25) is 9.89 Å². The lowest BCUT2D eigenvalue weighted by Crippen LogP contribution is -2.40. The molecule has 1 aromatic heterocycles. The maximum Gasteiger partial charge on any atom is 0.225 e. The Morgan fingerprint density at radius 3 is 2.67 bits per heavy atom. The van der Waals surface area contributed by atoms with Crippen LogP contribution in [-0.2, 0) is 22.4 Å². The molecule has 0 unspecified atom stereocenters. The van der Waals surface area contributed by atoms with Gasteiger partial charge in [-0.25, -0.2) is 0 Å². The number of ether oxygens (including phenoxy) is 1. The molecule has 1 aromatic carbocycles. The van der Waals surface area contributed by atoms with Crippen molar-refractivity contribution >= 4 is 5.91 Å². The summed E-state index contributed by atoms with van der Waals surface area (Å²) in [6.45, 7) is 2.99. The van der Waals surface area contributed by atoms with Crippen LogP contribution in [-0.4, -0.2) is 47.3 Å². The van der Waals surface area contributed by atoms with Crippen molar-refractivity contribution in [1.29, 1.82) is 0 Å². The number of nitrogens with one attached hydrogen (secondary N) is 1. The van der Waals surface area contributed by atoms with E-state index in [0.717, 1.165) is 50.0 Å². The third-order valence-electron chi connectivity index (χ3n) is 5.15. The van der Waals surface area contributed by atoms with E-state index in [-0.39, 0.29) is 5.92 Å². The first-order valence-electron chi connectivity index (χ1n) is 8.81. The highest BCUT2D eigenvalue weighted by atomic mass is 16.5. The van der Waals surface area contributed by atoms with Gasteiger partial charge in [0.1, 0.15) is 0 Å². The predicted octanol–water partition coefficient (Wildman–Crippen LogP) is 2.43. The maximum absolute atomic E-state index is 12.8. The van der Waals surface area contributed by atoms with Crippen molar-refractivity contribution < 1.29 is 9.53 Å². The Hall–Kier alpha value is -2.14. The van der Waals surface area contributed by atoms with Crippen LogP contribution in [0, 0.1) is 5.92 Å². The van der Waals surface area contributed by atoms with Crippen LogP contribution in [0.15, 0.2) is 30.3 Å². The van der Waals surface area contributed by atoms with Gasteiger partial charge in [0.25, 0.3) is 0 Å². The number of fused-ring (bicyclic) bond motifs is 1. The van der Waals surface area contributed by atoms with Gasteiger partial charge in [-0.05, 0) is 19.3 Å². The van der Waals surface area contributed by atoms with Gasteiger partial charge in [-0.15, -0.1) is 0 Å². The van der Waals surface area contributed by atoms with E-state index in [9.17, 15) is 4.79 Å². The zero-order valence-electron chi connectivity index (χ0n) is 13.8. The number of H-pyrrole nitrogens is 1. The average molecular weight is 325 g/mol. The molecule has 1 fully saturated rings. The summed E-state index contributed by atoms with van der Waals surface area (Å²) in [5.74, 6) is 0.444. The highest BCUT2D eigenvalue weighted by Gasteiger charge is 2.28. The monoisotopic (exact) mass is 325 g/mol. The molecule has 5 nitrogen and oxygen atoms in total. The summed E-state index contributed by atoms with van der Waals surface area (Å²) >= 11 is 0. The lowest BCUT2D eigenvalue weighted by molar-refractivity contribution is -0.138. The van der Waals surface area contributed by atoms with Crippen molar-refractivity contribution in [3.05, 3.63) is 41.6 Å². The topological polar surface area (TPSA) is 58.2 Å². The third-order valence-corrected chi connectivity index (χ3v) is 5.15. The lowest BCUT2D eigenvalue weighted by Gasteiger charge is -2.28. The number of aromatic nitrogens is 2. The molecular formula is C19H23N3O2. The molecule has 3 heterocycles. The first kappa shape index (κ1) is 15.4. The smallest absolute Gasteiger partial charge is 0.225 e. The highest BCUT2D eigenvalue weighted by Crippen LogP contribution is 2.27. The molecular weight excluding hydrogens is 302 g/mol. The Labute approximate surface area is 142 Å². The molecule has 126 valence electrons. The number of hydrogen-bond acceptors (Lipinski definition) is 3. The van der Waals surface area contributed by atoms with Crippen LogP contribution in [0.3, 0.4) is 0 Å². The molecule has 2 aliphatic heterocycles. The molecule has 0 atom stereocenters. The van der Waals surface area contributed by atoms with Gasteiger partial charge in [0.15, 0.2) is 0 Å². The Kier molecular flexibility index (Phi) is 4.34. The van der Waals surface area contributed by atoms with Crippen LogP contribution >= 0.6 is 0 Å².